The Labute approximate surface area is 255 Å². The van der Waals surface area contributed by atoms with Crippen LogP contribution in [0.15, 0.2) is 48.5 Å². The molecule has 44 heavy (non-hydrogen) atoms. The topological polar surface area (TPSA) is 134 Å². The molecule has 0 unspecified atom stereocenters. The number of rotatable bonds is 8. The first kappa shape index (κ1) is 31.0. The summed E-state index contributed by atoms with van der Waals surface area (Å²) in [6.45, 7) is 2.87. The second kappa shape index (κ2) is 14.4. The highest BCUT2D eigenvalue weighted by Crippen LogP contribution is 2.24. The minimum absolute atomic E-state index is 0.110. The molecular weight excluding hydrogens is 568 g/mol. The van der Waals surface area contributed by atoms with Gasteiger partial charge in [0.25, 0.3) is 23.6 Å². The summed E-state index contributed by atoms with van der Waals surface area (Å²) in [5.74, 6) is -1.55. The number of amides is 6. The van der Waals surface area contributed by atoms with E-state index in [1.54, 1.807) is 58.3 Å². The van der Waals surface area contributed by atoms with Crippen LogP contribution in [0.2, 0.25) is 0 Å². The summed E-state index contributed by atoms with van der Waals surface area (Å²) in [5, 5.41) is 0. The van der Waals surface area contributed by atoms with Crippen molar-refractivity contribution in [1.29, 1.82) is 0 Å². The van der Waals surface area contributed by atoms with Gasteiger partial charge in [-0.3, -0.25) is 38.6 Å². The van der Waals surface area contributed by atoms with E-state index in [0.29, 0.717) is 61.3 Å². The third-order valence-corrected chi connectivity index (χ3v) is 8.03. The molecule has 3 aliphatic rings. The summed E-state index contributed by atoms with van der Waals surface area (Å²) in [6.07, 6.45) is 1.06. The van der Waals surface area contributed by atoms with Gasteiger partial charge in [-0.05, 0) is 37.1 Å². The van der Waals surface area contributed by atoms with Crippen LogP contribution in [-0.4, -0.2) is 121 Å². The van der Waals surface area contributed by atoms with E-state index in [1.165, 1.54) is 9.80 Å². The molecule has 0 aliphatic carbocycles. The van der Waals surface area contributed by atoms with Crippen LogP contribution in [0.4, 0.5) is 0 Å². The average Bonchev–Trinajstić information content (AvgIpc) is 3.41. The Morgan fingerprint density at radius 3 is 1.11 bits per heavy atom. The summed E-state index contributed by atoms with van der Waals surface area (Å²) in [6, 6.07) is 13.4. The highest BCUT2D eigenvalue weighted by Gasteiger charge is 2.35. The SMILES string of the molecule is O=C(CCCN1C(=O)c2ccccc2C1=O)N1CCOCCN(C(=O)CCCN2C(=O)c3ccccc3C2=O)CCOCC1. The molecule has 1 saturated heterocycles. The van der Waals surface area contributed by atoms with Gasteiger partial charge in [-0.1, -0.05) is 24.3 Å². The number of fused-ring (bicyclic) bond motifs is 2. The number of hydrogen-bond donors (Lipinski definition) is 0. The van der Waals surface area contributed by atoms with Crippen LogP contribution in [0.1, 0.15) is 67.1 Å². The van der Waals surface area contributed by atoms with Gasteiger partial charge in [-0.2, -0.15) is 0 Å². The van der Waals surface area contributed by atoms with E-state index >= 15 is 0 Å². The predicted octanol–water partition coefficient (Wildman–Crippen LogP) is 1.84. The molecule has 0 spiro atoms. The molecule has 3 heterocycles. The number of ether oxygens (including phenoxy) is 2. The lowest BCUT2D eigenvalue weighted by Gasteiger charge is -2.27. The number of carbonyl (C=O) groups excluding carboxylic acids is 6. The van der Waals surface area contributed by atoms with Crippen molar-refractivity contribution >= 4 is 35.4 Å². The van der Waals surface area contributed by atoms with E-state index in [4.69, 9.17) is 9.47 Å². The van der Waals surface area contributed by atoms with Gasteiger partial charge in [0.2, 0.25) is 11.8 Å². The Morgan fingerprint density at radius 2 is 0.818 bits per heavy atom. The summed E-state index contributed by atoms with van der Waals surface area (Å²) >= 11 is 0. The molecule has 0 atom stereocenters. The average molecular weight is 605 g/mol. The fourth-order valence-corrected chi connectivity index (χ4v) is 5.60. The molecule has 0 aromatic heterocycles. The first-order valence-electron chi connectivity index (χ1n) is 15.0. The Bertz CT molecular complexity index is 1250. The van der Waals surface area contributed by atoms with Gasteiger partial charge in [0.1, 0.15) is 0 Å². The van der Waals surface area contributed by atoms with Gasteiger partial charge in [0.15, 0.2) is 0 Å². The summed E-state index contributed by atoms with van der Waals surface area (Å²) in [4.78, 5) is 81.8. The number of imide groups is 2. The van der Waals surface area contributed by atoms with E-state index in [0.717, 1.165) is 0 Å². The summed E-state index contributed by atoms with van der Waals surface area (Å²) in [7, 11) is 0. The van der Waals surface area contributed by atoms with E-state index in [2.05, 4.69) is 0 Å². The zero-order valence-electron chi connectivity index (χ0n) is 24.6. The van der Waals surface area contributed by atoms with Crippen LogP contribution in [0.5, 0.6) is 0 Å². The zero-order chi connectivity index (χ0) is 31.1. The molecule has 0 saturated carbocycles. The van der Waals surface area contributed by atoms with Gasteiger partial charge < -0.3 is 19.3 Å². The molecule has 2 aromatic carbocycles. The van der Waals surface area contributed by atoms with Crippen molar-refractivity contribution in [2.24, 2.45) is 0 Å². The molecule has 12 nitrogen and oxygen atoms in total. The Kier molecular flexibility index (Phi) is 10.1. The molecule has 0 radical (unpaired) electrons. The first-order chi connectivity index (χ1) is 21.4. The van der Waals surface area contributed by atoms with Crippen molar-refractivity contribution in [2.75, 3.05) is 65.7 Å². The molecule has 1 fully saturated rings. The lowest BCUT2D eigenvalue weighted by molar-refractivity contribution is -0.134. The minimum Gasteiger partial charge on any atom is -0.378 e. The first-order valence-corrected chi connectivity index (χ1v) is 15.0. The van der Waals surface area contributed by atoms with E-state index in [-0.39, 0.29) is 87.8 Å². The Morgan fingerprint density at radius 1 is 0.523 bits per heavy atom. The third-order valence-electron chi connectivity index (χ3n) is 8.03. The van der Waals surface area contributed by atoms with Crippen molar-refractivity contribution in [2.45, 2.75) is 25.7 Å². The fourth-order valence-electron chi connectivity index (χ4n) is 5.60. The zero-order valence-corrected chi connectivity index (χ0v) is 24.6. The monoisotopic (exact) mass is 604 g/mol. The van der Waals surface area contributed by atoms with Crippen molar-refractivity contribution in [1.82, 2.24) is 19.6 Å². The third kappa shape index (κ3) is 6.87. The van der Waals surface area contributed by atoms with E-state index in [1.807, 2.05) is 0 Å². The standard InChI is InChI=1S/C32H36N4O8/c37-27(11-5-13-35-29(39)23-7-1-2-8-24(23)30(35)40)33-15-19-43-21-17-34(18-22-44-20-16-33)28(38)12-6-14-36-31(41)25-9-3-4-10-26(25)32(36)42/h1-4,7-10H,5-6,11-22H2. The molecule has 232 valence electrons. The van der Waals surface area contributed by atoms with Gasteiger partial charge in [-0.15, -0.1) is 0 Å². The van der Waals surface area contributed by atoms with Crippen LogP contribution in [0.25, 0.3) is 0 Å². The largest absolute Gasteiger partial charge is 0.378 e. The van der Waals surface area contributed by atoms with Gasteiger partial charge >= 0.3 is 0 Å². The Hall–Kier alpha value is -4.42. The normalized spacial score (nSPS) is 17.8. The maximum Gasteiger partial charge on any atom is 0.261 e. The number of hydrogen-bond acceptors (Lipinski definition) is 8. The molecular formula is C32H36N4O8. The highest BCUT2D eigenvalue weighted by atomic mass is 16.5. The van der Waals surface area contributed by atoms with Crippen molar-refractivity contribution in [3.63, 3.8) is 0 Å². The van der Waals surface area contributed by atoms with E-state index in [9.17, 15) is 28.8 Å². The second-order valence-electron chi connectivity index (χ2n) is 10.8. The number of benzene rings is 2. The van der Waals surface area contributed by atoms with Gasteiger partial charge in [-0.25, -0.2) is 0 Å². The van der Waals surface area contributed by atoms with Crippen LogP contribution in [-0.2, 0) is 19.1 Å². The van der Waals surface area contributed by atoms with Crippen molar-refractivity contribution < 1.29 is 38.2 Å². The lowest BCUT2D eigenvalue weighted by atomic mass is 10.1. The van der Waals surface area contributed by atoms with Gasteiger partial charge in [0, 0.05) is 52.1 Å². The molecule has 2 aromatic rings. The molecule has 0 N–H and O–H groups in total. The molecule has 0 bridgehead atoms. The minimum atomic E-state index is -0.332. The quantitative estimate of drug-likeness (QED) is 0.417. The van der Waals surface area contributed by atoms with Crippen LogP contribution in [0, 0.1) is 0 Å². The lowest BCUT2D eigenvalue weighted by Crippen LogP contribution is -2.41. The maximum absolute atomic E-state index is 12.9. The molecule has 5 rings (SSSR count). The van der Waals surface area contributed by atoms with E-state index < -0.39 is 0 Å². The Balaban J connectivity index is 1.02. The van der Waals surface area contributed by atoms with Gasteiger partial charge in [0.05, 0.1) is 48.7 Å². The molecule has 12 heteroatoms. The number of nitrogens with zero attached hydrogens (tertiary/aromatic N) is 4. The fraction of sp³-hybridized carbons (Fsp3) is 0.438. The molecule has 6 amide bonds. The predicted molar refractivity (Wildman–Crippen MR) is 157 cm³/mol. The summed E-state index contributed by atoms with van der Waals surface area (Å²) < 4.78 is 11.5. The highest BCUT2D eigenvalue weighted by molar-refractivity contribution is 6.22. The van der Waals surface area contributed by atoms with Crippen molar-refractivity contribution in [3.05, 3.63) is 70.8 Å². The van der Waals surface area contributed by atoms with Crippen LogP contribution < -0.4 is 0 Å². The number of carbonyl (C=O) groups is 6. The molecule has 3 aliphatic heterocycles. The van der Waals surface area contributed by atoms with Crippen molar-refractivity contribution in [3.8, 4) is 0 Å². The second-order valence-corrected chi connectivity index (χ2v) is 10.8. The van der Waals surface area contributed by atoms with Crippen LogP contribution in [0.3, 0.4) is 0 Å². The smallest absolute Gasteiger partial charge is 0.261 e. The summed E-state index contributed by atoms with van der Waals surface area (Å²) in [5.41, 5.74) is 1.57. The van der Waals surface area contributed by atoms with Crippen LogP contribution >= 0.6 is 0 Å². The maximum atomic E-state index is 12.9.